The van der Waals surface area contributed by atoms with Gasteiger partial charge in [0, 0.05) is 46.8 Å². The third kappa shape index (κ3) is 5.22. The minimum Gasteiger partial charge on any atom is -0.496 e. The molecular formula is C30H40N4O4. The smallest absolute Gasteiger partial charge is 0.256 e. The topological polar surface area (TPSA) is 96.4 Å². The standard InChI is InChI=1S/C30H40N4O4/c1-18-16-25(38-7)23(27(35)32-18)17-31-28(36)26-20(3)34(24-11-9-8-10-22(24)26)19(2)21-12-14-33(15-13-21)29(37)30(4,5)6/h8-11,16,19,21H,12-15,17H2,1-7H3,(H,31,36)(H,32,35). The summed E-state index contributed by atoms with van der Waals surface area (Å²) < 4.78 is 7.66. The van der Waals surface area contributed by atoms with Crippen LogP contribution in [0.2, 0.25) is 0 Å². The van der Waals surface area contributed by atoms with E-state index in [9.17, 15) is 14.4 Å². The lowest BCUT2D eigenvalue weighted by Crippen LogP contribution is -2.45. The number of nitrogens with zero attached hydrogens (tertiary/aromatic N) is 2. The van der Waals surface area contributed by atoms with Crippen molar-refractivity contribution in [1.82, 2.24) is 19.8 Å². The maximum atomic E-state index is 13.5. The van der Waals surface area contributed by atoms with Crippen LogP contribution < -0.4 is 15.6 Å². The number of para-hydroxylation sites is 1. The molecule has 2 amide bonds. The number of aromatic amines is 1. The third-order valence-corrected chi connectivity index (χ3v) is 7.82. The fraction of sp³-hybridized carbons (Fsp3) is 0.500. The third-order valence-electron chi connectivity index (χ3n) is 7.82. The van der Waals surface area contributed by atoms with Crippen LogP contribution in [-0.4, -0.2) is 46.5 Å². The summed E-state index contributed by atoms with van der Waals surface area (Å²) in [4.78, 5) is 43.6. The van der Waals surface area contributed by atoms with Gasteiger partial charge in [0.15, 0.2) is 0 Å². The van der Waals surface area contributed by atoms with Gasteiger partial charge in [0.1, 0.15) is 5.75 Å². The minimum absolute atomic E-state index is 0.0619. The Kier molecular flexibility index (Phi) is 7.72. The van der Waals surface area contributed by atoms with Crippen molar-refractivity contribution in [3.05, 3.63) is 63.2 Å². The Bertz CT molecular complexity index is 1400. The Morgan fingerprint density at radius 1 is 1.16 bits per heavy atom. The van der Waals surface area contributed by atoms with Crippen molar-refractivity contribution in [2.45, 2.75) is 67.0 Å². The van der Waals surface area contributed by atoms with Gasteiger partial charge < -0.3 is 24.5 Å². The van der Waals surface area contributed by atoms with Crippen LogP contribution in [-0.2, 0) is 11.3 Å². The van der Waals surface area contributed by atoms with E-state index in [-0.39, 0.29) is 35.4 Å². The Morgan fingerprint density at radius 2 is 1.82 bits per heavy atom. The molecule has 1 fully saturated rings. The molecule has 3 aromatic rings. The molecule has 4 rings (SSSR count). The molecule has 1 atom stereocenters. The number of amides is 2. The van der Waals surface area contributed by atoms with Gasteiger partial charge in [-0.15, -0.1) is 0 Å². The number of hydrogen-bond donors (Lipinski definition) is 2. The molecule has 0 bridgehead atoms. The van der Waals surface area contributed by atoms with Crippen molar-refractivity contribution in [2.75, 3.05) is 20.2 Å². The van der Waals surface area contributed by atoms with E-state index in [0.29, 0.717) is 28.5 Å². The summed E-state index contributed by atoms with van der Waals surface area (Å²) in [6.07, 6.45) is 1.85. The lowest BCUT2D eigenvalue weighted by molar-refractivity contribution is -0.141. The fourth-order valence-electron chi connectivity index (χ4n) is 5.77. The number of H-pyrrole nitrogens is 1. The first kappa shape index (κ1) is 27.5. The molecule has 1 unspecified atom stereocenters. The Morgan fingerprint density at radius 3 is 2.45 bits per heavy atom. The monoisotopic (exact) mass is 520 g/mol. The summed E-state index contributed by atoms with van der Waals surface area (Å²) in [6, 6.07) is 9.88. The highest BCUT2D eigenvalue weighted by Gasteiger charge is 2.33. The molecule has 1 aliphatic rings. The van der Waals surface area contributed by atoms with Gasteiger partial charge in [0.05, 0.1) is 24.8 Å². The molecule has 2 aromatic heterocycles. The van der Waals surface area contributed by atoms with E-state index in [1.807, 2.05) is 50.8 Å². The van der Waals surface area contributed by atoms with Crippen LogP contribution in [0.25, 0.3) is 10.9 Å². The van der Waals surface area contributed by atoms with Gasteiger partial charge >= 0.3 is 0 Å². The minimum atomic E-state index is -0.374. The number of hydrogen-bond acceptors (Lipinski definition) is 4. The van der Waals surface area contributed by atoms with Gasteiger partial charge in [-0.3, -0.25) is 14.4 Å². The highest BCUT2D eigenvalue weighted by Crippen LogP contribution is 2.36. The largest absolute Gasteiger partial charge is 0.496 e. The van der Waals surface area contributed by atoms with Gasteiger partial charge in [-0.25, -0.2) is 0 Å². The van der Waals surface area contributed by atoms with Crippen molar-refractivity contribution < 1.29 is 14.3 Å². The number of methoxy groups -OCH3 is 1. The molecule has 0 radical (unpaired) electrons. The molecule has 1 saturated heterocycles. The average Bonchev–Trinajstić information content (AvgIpc) is 3.17. The molecular weight excluding hydrogens is 480 g/mol. The quantitative estimate of drug-likeness (QED) is 0.491. The van der Waals surface area contributed by atoms with Gasteiger partial charge in [0.2, 0.25) is 5.91 Å². The van der Waals surface area contributed by atoms with Crippen molar-refractivity contribution >= 4 is 22.7 Å². The zero-order valence-corrected chi connectivity index (χ0v) is 23.6. The Labute approximate surface area is 224 Å². The molecule has 0 saturated carbocycles. The molecule has 1 aliphatic heterocycles. The number of rotatable bonds is 6. The number of benzene rings is 1. The van der Waals surface area contributed by atoms with E-state index in [2.05, 4.69) is 27.9 Å². The molecule has 8 heteroatoms. The molecule has 204 valence electrons. The maximum Gasteiger partial charge on any atom is 0.256 e. The number of likely N-dealkylation sites (tertiary alicyclic amines) is 1. The highest BCUT2D eigenvalue weighted by atomic mass is 16.5. The summed E-state index contributed by atoms with van der Waals surface area (Å²) >= 11 is 0. The van der Waals surface area contributed by atoms with Crippen LogP contribution in [0.1, 0.15) is 73.9 Å². The second-order valence-corrected chi connectivity index (χ2v) is 11.5. The number of ether oxygens (including phenoxy) is 1. The van der Waals surface area contributed by atoms with E-state index >= 15 is 0 Å². The van der Waals surface area contributed by atoms with Crippen LogP contribution in [0.15, 0.2) is 35.1 Å². The van der Waals surface area contributed by atoms with E-state index < -0.39 is 0 Å². The molecule has 38 heavy (non-hydrogen) atoms. The number of aryl methyl sites for hydroxylation is 1. The zero-order valence-electron chi connectivity index (χ0n) is 23.6. The van der Waals surface area contributed by atoms with Gasteiger partial charge in [-0.2, -0.15) is 0 Å². The normalized spacial score (nSPS) is 15.5. The lowest BCUT2D eigenvalue weighted by Gasteiger charge is -2.38. The predicted octanol–water partition coefficient (Wildman–Crippen LogP) is 4.73. The van der Waals surface area contributed by atoms with Crippen LogP contribution in [0.3, 0.4) is 0 Å². The van der Waals surface area contributed by atoms with Crippen molar-refractivity contribution in [3.8, 4) is 5.75 Å². The van der Waals surface area contributed by atoms with E-state index in [1.165, 1.54) is 7.11 Å². The lowest BCUT2D eigenvalue weighted by atomic mass is 9.87. The van der Waals surface area contributed by atoms with Gasteiger partial charge in [-0.05, 0) is 51.7 Å². The highest BCUT2D eigenvalue weighted by molar-refractivity contribution is 6.08. The summed E-state index contributed by atoms with van der Waals surface area (Å²) in [5.74, 6) is 0.821. The average molecular weight is 521 g/mol. The molecule has 3 heterocycles. The second-order valence-electron chi connectivity index (χ2n) is 11.5. The fourth-order valence-corrected chi connectivity index (χ4v) is 5.77. The van der Waals surface area contributed by atoms with Crippen LogP contribution in [0, 0.1) is 25.2 Å². The number of carbonyl (C=O) groups excluding carboxylic acids is 2. The van der Waals surface area contributed by atoms with Crippen molar-refractivity contribution in [1.29, 1.82) is 0 Å². The van der Waals surface area contributed by atoms with Crippen LogP contribution in [0.5, 0.6) is 5.75 Å². The van der Waals surface area contributed by atoms with E-state index in [1.54, 1.807) is 13.0 Å². The first-order chi connectivity index (χ1) is 17.9. The summed E-state index contributed by atoms with van der Waals surface area (Å²) in [5.41, 5.74) is 2.97. The molecule has 2 N–H and O–H groups in total. The summed E-state index contributed by atoms with van der Waals surface area (Å²) in [5, 5.41) is 3.84. The van der Waals surface area contributed by atoms with Crippen LogP contribution in [0.4, 0.5) is 0 Å². The molecule has 0 spiro atoms. The number of aromatic nitrogens is 2. The first-order valence-corrected chi connectivity index (χ1v) is 13.4. The first-order valence-electron chi connectivity index (χ1n) is 13.4. The molecule has 8 nitrogen and oxygen atoms in total. The Balaban J connectivity index is 1.58. The van der Waals surface area contributed by atoms with E-state index in [0.717, 1.165) is 42.5 Å². The SMILES string of the molecule is COc1cc(C)[nH]c(=O)c1CNC(=O)c1c(C)n(C(C)C2CCN(C(=O)C(C)(C)C)CC2)c2ccccc12. The van der Waals surface area contributed by atoms with Gasteiger partial charge in [-0.1, -0.05) is 39.0 Å². The predicted molar refractivity (Wildman–Crippen MR) is 150 cm³/mol. The number of carbonyl (C=O) groups is 2. The molecule has 1 aromatic carbocycles. The second kappa shape index (κ2) is 10.7. The van der Waals surface area contributed by atoms with Crippen molar-refractivity contribution in [3.63, 3.8) is 0 Å². The molecule has 0 aliphatic carbocycles. The Hall–Kier alpha value is -3.55. The van der Waals surface area contributed by atoms with E-state index in [4.69, 9.17) is 4.74 Å². The van der Waals surface area contributed by atoms with Gasteiger partial charge in [0.25, 0.3) is 11.5 Å². The zero-order chi connectivity index (χ0) is 27.8. The number of pyridine rings is 1. The van der Waals surface area contributed by atoms with Crippen molar-refractivity contribution in [2.24, 2.45) is 11.3 Å². The number of piperidine rings is 1. The number of fused-ring (bicyclic) bond motifs is 1. The number of nitrogens with one attached hydrogen (secondary N) is 2. The van der Waals surface area contributed by atoms with Crippen LogP contribution >= 0.6 is 0 Å². The summed E-state index contributed by atoms with van der Waals surface area (Å²) in [7, 11) is 1.52. The summed E-state index contributed by atoms with van der Waals surface area (Å²) in [6.45, 7) is 13.5. The maximum absolute atomic E-state index is 13.5.